The third kappa shape index (κ3) is 2.95. The number of carbonyl (C=O) groups is 1. The van der Waals surface area contributed by atoms with E-state index in [1.807, 2.05) is 26.0 Å². The predicted octanol–water partition coefficient (Wildman–Crippen LogP) is 1.09. The van der Waals surface area contributed by atoms with E-state index in [0.717, 1.165) is 11.1 Å². The van der Waals surface area contributed by atoms with E-state index >= 15 is 0 Å². The van der Waals surface area contributed by atoms with Gasteiger partial charge in [0.25, 0.3) is 0 Å². The second-order valence-corrected chi connectivity index (χ2v) is 3.45. The Kier molecular flexibility index (Phi) is 3.68. The van der Waals surface area contributed by atoms with E-state index in [1.165, 1.54) is 0 Å². The van der Waals surface area contributed by atoms with E-state index in [1.54, 1.807) is 6.07 Å². The molecular weight excluding hydrogens is 194 g/mol. The van der Waals surface area contributed by atoms with Gasteiger partial charge in [0.2, 0.25) is 6.10 Å². The lowest BCUT2D eigenvalue weighted by atomic mass is 10.1. The molecule has 15 heavy (non-hydrogen) atoms. The van der Waals surface area contributed by atoms with Gasteiger partial charge < -0.3 is 15.6 Å². The normalized spacial score (nSPS) is 12.2. The number of aryl methyl sites for hydroxylation is 2. The van der Waals surface area contributed by atoms with E-state index in [2.05, 4.69) is 0 Å². The molecule has 0 fully saturated rings. The van der Waals surface area contributed by atoms with Crippen LogP contribution in [0.5, 0.6) is 5.75 Å². The van der Waals surface area contributed by atoms with Gasteiger partial charge in [0.15, 0.2) is 0 Å². The third-order valence-electron chi connectivity index (χ3n) is 2.10. The molecule has 0 aliphatic rings. The van der Waals surface area contributed by atoms with Crippen LogP contribution in [0.4, 0.5) is 0 Å². The number of hydrogen-bond donors (Lipinski definition) is 2. The molecule has 0 spiro atoms. The summed E-state index contributed by atoms with van der Waals surface area (Å²) in [5, 5.41) is 8.79. The van der Waals surface area contributed by atoms with Crippen molar-refractivity contribution in [1.82, 2.24) is 0 Å². The van der Waals surface area contributed by atoms with Gasteiger partial charge in [-0.05, 0) is 31.0 Å². The van der Waals surface area contributed by atoms with E-state index in [9.17, 15) is 4.79 Å². The number of aliphatic carboxylic acids is 1. The highest BCUT2D eigenvalue weighted by atomic mass is 16.5. The van der Waals surface area contributed by atoms with E-state index in [0.29, 0.717) is 5.75 Å². The van der Waals surface area contributed by atoms with Crippen LogP contribution in [0.15, 0.2) is 18.2 Å². The Labute approximate surface area is 88.7 Å². The minimum Gasteiger partial charge on any atom is -0.478 e. The average molecular weight is 209 g/mol. The van der Waals surface area contributed by atoms with Gasteiger partial charge in [-0.25, -0.2) is 4.79 Å². The summed E-state index contributed by atoms with van der Waals surface area (Å²) >= 11 is 0. The Morgan fingerprint density at radius 3 is 2.73 bits per heavy atom. The van der Waals surface area contributed by atoms with Gasteiger partial charge >= 0.3 is 5.97 Å². The summed E-state index contributed by atoms with van der Waals surface area (Å²) < 4.78 is 5.31. The summed E-state index contributed by atoms with van der Waals surface area (Å²) in [6.45, 7) is 3.75. The molecule has 0 saturated carbocycles. The van der Waals surface area contributed by atoms with Crippen molar-refractivity contribution in [3.63, 3.8) is 0 Å². The monoisotopic (exact) mass is 209 g/mol. The van der Waals surface area contributed by atoms with Crippen molar-refractivity contribution in [3.05, 3.63) is 29.3 Å². The first-order chi connectivity index (χ1) is 7.04. The molecule has 4 heteroatoms. The summed E-state index contributed by atoms with van der Waals surface area (Å²) in [4.78, 5) is 10.7. The topological polar surface area (TPSA) is 72.5 Å². The lowest BCUT2D eigenvalue weighted by Crippen LogP contribution is -2.34. The Balaban J connectivity index is 2.87. The number of ether oxygens (including phenoxy) is 1. The largest absolute Gasteiger partial charge is 0.478 e. The highest BCUT2D eigenvalue weighted by molar-refractivity contribution is 5.73. The highest BCUT2D eigenvalue weighted by Gasteiger charge is 2.17. The maximum atomic E-state index is 10.7. The number of carboxylic acid groups (broad SMARTS) is 1. The van der Waals surface area contributed by atoms with E-state index in [-0.39, 0.29) is 6.54 Å². The van der Waals surface area contributed by atoms with Crippen LogP contribution in [0.25, 0.3) is 0 Å². The first-order valence-electron chi connectivity index (χ1n) is 4.71. The van der Waals surface area contributed by atoms with E-state index in [4.69, 9.17) is 15.6 Å². The van der Waals surface area contributed by atoms with Gasteiger partial charge in [-0.2, -0.15) is 0 Å². The molecule has 0 heterocycles. The van der Waals surface area contributed by atoms with Crippen molar-refractivity contribution in [2.24, 2.45) is 5.73 Å². The molecule has 0 radical (unpaired) electrons. The summed E-state index contributed by atoms with van der Waals surface area (Å²) in [7, 11) is 0. The zero-order chi connectivity index (χ0) is 11.4. The number of rotatable bonds is 4. The molecule has 0 aliphatic heterocycles. The zero-order valence-corrected chi connectivity index (χ0v) is 8.86. The molecular formula is C11H15NO3. The number of nitrogens with two attached hydrogens (primary N) is 1. The minimum atomic E-state index is -1.04. The second-order valence-electron chi connectivity index (χ2n) is 3.45. The van der Waals surface area contributed by atoms with Crippen LogP contribution in [0.1, 0.15) is 11.1 Å². The summed E-state index contributed by atoms with van der Waals surface area (Å²) in [6.07, 6.45) is -0.981. The smallest absolute Gasteiger partial charge is 0.346 e. The Morgan fingerprint density at radius 2 is 2.20 bits per heavy atom. The van der Waals surface area contributed by atoms with Crippen LogP contribution in [-0.2, 0) is 4.79 Å². The summed E-state index contributed by atoms with van der Waals surface area (Å²) in [5.41, 5.74) is 7.23. The van der Waals surface area contributed by atoms with Crippen molar-refractivity contribution < 1.29 is 14.6 Å². The predicted molar refractivity (Wildman–Crippen MR) is 57.0 cm³/mol. The molecule has 82 valence electrons. The van der Waals surface area contributed by atoms with Crippen LogP contribution in [0.2, 0.25) is 0 Å². The maximum absolute atomic E-state index is 10.7. The van der Waals surface area contributed by atoms with Gasteiger partial charge in [-0.15, -0.1) is 0 Å². The lowest BCUT2D eigenvalue weighted by molar-refractivity contribution is -0.144. The maximum Gasteiger partial charge on any atom is 0.346 e. The summed E-state index contributed by atoms with van der Waals surface area (Å²) in [5.74, 6) is -0.466. The van der Waals surface area contributed by atoms with Gasteiger partial charge in [-0.3, -0.25) is 0 Å². The molecule has 0 amide bonds. The van der Waals surface area contributed by atoms with Gasteiger partial charge in [0, 0.05) is 6.54 Å². The van der Waals surface area contributed by atoms with Crippen LogP contribution in [-0.4, -0.2) is 23.7 Å². The van der Waals surface area contributed by atoms with E-state index < -0.39 is 12.1 Å². The van der Waals surface area contributed by atoms with Crippen molar-refractivity contribution >= 4 is 5.97 Å². The Hall–Kier alpha value is -1.55. The number of benzene rings is 1. The molecule has 0 bridgehead atoms. The Morgan fingerprint density at radius 1 is 1.53 bits per heavy atom. The van der Waals surface area contributed by atoms with Gasteiger partial charge in [0.1, 0.15) is 5.75 Å². The molecule has 0 saturated heterocycles. The van der Waals surface area contributed by atoms with Gasteiger partial charge in [-0.1, -0.05) is 12.1 Å². The van der Waals surface area contributed by atoms with Crippen molar-refractivity contribution in [1.29, 1.82) is 0 Å². The number of hydrogen-bond acceptors (Lipinski definition) is 3. The first kappa shape index (κ1) is 11.5. The molecule has 3 N–H and O–H groups in total. The number of carboxylic acids is 1. The van der Waals surface area contributed by atoms with Crippen LogP contribution in [0, 0.1) is 13.8 Å². The fourth-order valence-electron chi connectivity index (χ4n) is 1.19. The molecule has 0 aliphatic carbocycles. The van der Waals surface area contributed by atoms with Crippen molar-refractivity contribution in [3.8, 4) is 5.75 Å². The van der Waals surface area contributed by atoms with Crippen LogP contribution in [0.3, 0.4) is 0 Å². The molecule has 0 aromatic heterocycles. The second kappa shape index (κ2) is 4.79. The highest BCUT2D eigenvalue weighted by Crippen LogP contribution is 2.20. The third-order valence-corrected chi connectivity index (χ3v) is 2.10. The molecule has 1 unspecified atom stereocenters. The van der Waals surface area contributed by atoms with Crippen molar-refractivity contribution in [2.75, 3.05) is 6.54 Å². The average Bonchev–Trinajstić information content (AvgIpc) is 2.18. The van der Waals surface area contributed by atoms with Crippen molar-refractivity contribution in [2.45, 2.75) is 20.0 Å². The molecule has 1 aromatic carbocycles. The minimum absolute atomic E-state index is 0.0390. The lowest BCUT2D eigenvalue weighted by Gasteiger charge is -2.15. The molecule has 4 nitrogen and oxygen atoms in total. The summed E-state index contributed by atoms with van der Waals surface area (Å²) in [6, 6.07) is 5.64. The molecule has 1 rings (SSSR count). The molecule has 1 aromatic rings. The van der Waals surface area contributed by atoms with Crippen LogP contribution >= 0.6 is 0 Å². The fraction of sp³-hybridized carbons (Fsp3) is 0.364. The zero-order valence-electron chi connectivity index (χ0n) is 8.86. The SMILES string of the molecule is Cc1ccc(C)c(OC(CN)C(=O)O)c1. The van der Waals surface area contributed by atoms with Gasteiger partial charge in [0.05, 0.1) is 0 Å². The quantitative estimate of drug-likeness (QED) is 0.778. The Bertz CT molecular complexity index is 363. The first-order valence-corrected chi connectivity index (χ1v) is 4.71. The molecule has 1 atom stereocenters. The fourth-order valence-corrected chi connectivity index (χ4v) is 1.19. The van der Waals surface area contributed by atoms with Crippen LogP contribution < -0.4 is 10.5 Å². The standard InChI is InChI=1S/C11H15NO3/c1-7-3-4-8(2)9(5-7)15-10(6-12)11(13)14/h3-5,10H,6,12H2,1-2H3,(H,13,14).